The molecule has 0 aromatic heterocycles. The number of aliphatic hydroxyl groups is 1. The zero-order valence-electron chi connectivity index (χ0n) is 8.83. The van der Waals surface area contributed by atoms with Gasteiger partial charge in [0.25, 0.3) is 0 Å². The average Bonchev–Trinajstić information content (AvgIpc) is 2.19. The van der Waals surface area contributed by atoms with Crippen LogP contribution in [-0.2, 0) is 6.61 Å². The Morgan fingerprint density at radius 1 is 1.53 bits per heavy atom. The molecule has 0 aliphatic rings. The van der Waals surface area contributed by atoms with Crippen molar-refractivity contribution in [3.63, 3.8) is 0 Å². The van der Waals surface area contributed by atoms with Crippen LogP contribution in [0.4, 0.5) is 10.1 Å². The van der Waals surface area contributed by atoms with Crippen molar-refractivity contribution in [2.24, 2.45) is 5.84 Å². The summed E-state index contributed by atoms with van der Waals surface area (Å²) >= 11 is 1.56. The largest absolute Gasteiger partial charge is 0.392 e. The van der Waals surface area contributed by atoms with Gasteiger partial charge >= 0.3 is 0 Å². The molecular formula is C10H15FN2OS. The monoisotopic (exact) mass is 230 g/mol. The van der Waals surface area contributed by atoms with Crippen LogP contribution in [0.2, 0.25) is 0 Å². The Morgan fingerprint density at radius 3 is 2.67 bits per heavy atom. The Balaban J connectivity index is 3.27. The third-order valence-electron chi connectivity index (χ3n) is 2.00. The van der Waals surface area contributed by atoms with Gasteiger partial charge in [-0.3, -0.25) is 0 Å². The normalized spacial score (nSPS) is 10.5. The molecule has 0 spiro atoms. The molecule has 0 bridgehead atoms. The van der Waals surface area contributed by atoms with E-state index in [0.717, 1.165) is 10.6 Å². The second-order valence-electron chi connectivity index (χ2n) is 3.07. The van der Waals surface area contributed by atoms with Gasteiger partial charge in [0.05, 0.1) is 12.3 Å². The molecule has 0 aliphatic heterocycles. The van der Waals surface area contributed by atoms with E-state index in [1.54, 1.807) is 24.9 Å². The summed E-state index contributed by atoms with van der Waals surface area (Å²) in [6, 6.07) is 3.04. The van der Waals surface area contributed by atoms with Crippen molar-refractivity contribution in [3.05, 3.63) is 23.5 Å². The number of thioether (sulfide) groups is 1. The van der Waals surface area contributed by atoms with Crippen LogP contribution in [0.15, 0.2) is 17.0 Å². The smallest absolute Gasteiger partial charge is 0.148 e. The molecule has 0 amide bonds. The van der Waals surface area contributed by atoms with E-state index in [1.807, 2.05) is 6.92 Å². The fourth-order valence-electron chi connectivity index (χ4n) is 1.41. The van der Waals surface area contributed by atoms with Gasteiger partial charge in [-0.1, -0.05) is 6.92 Å². The number of benzene rings is 1. The third kappa shape index (κ3) is 2.62. The first-order valence-electron chi connectivity index (χ1n) is 4.65. The molecule has 1 aromatic rings. The van der Waals surface area contributed by atoms with Gasteiger partial charge in [-0.15, -0.1) is 11.8 Å². The molecule has 0 radical (unpaired) electrons. The quantitative estimate of drug-likeness (QED) is 0.470. The van der Waals surface area contributed by atoms with Crippen molar-refractivity contribution >= 4 is 17.4 Å². The number of anilines is 1. The maximum absolute atomic E-state index is 13.5. The minimum Gasteiger partial charge on any atom is -0.392 e. The Kier molecular flexibility index (Phi) is 4.38. The third-order valence-corrected chi connectivity index (χ3v) is 2.98. The first-order chi connectivity index (χ1) is 7.11. The fraction of sp³-hybridized carbons (Fsp3) is 0.400. The second-order valence-corrected chi connectivity index (χ2v) is 4.38. The van der Waals surface area contributed by atoms with Crippen LogP contribution >= 0.6 is 11.8 Å². The van der Waals surface area contributed by atoms with Crippen molar-refractivity contribution in [2.45, 2.75) is 18.4 Å². The molecule has 84 valence electrons. The lowest BCUT2D eigenvalue weighted by atomic mass is 10.1. The number of hydrogen-bond acceptors (Lipinski definition) is 4. The number of rotatable bonds is 4. The Labute approximate surface area is 93.0 Å². The maximum Gasteiger partial charge on any atom is 0.148 e. The van der Waals surface area contributed by atoms with Gasteiger partial charge in [0.1, 0.15) is 5.82 Å². The van der Waals surface area contributed by atoms with Crippen molar-refractivity contribution in [1.29, 1.82) is 0 Å². The Morgan fingerprint density at radius 2 is 2.20 bits per heavy atom. The lowest BCUT2D eigenvalue weighted by Crippen LogP contribution is -2.27. The standard InChI is InChI=1S/C10H15FN2OS/c1-3-15-9-5-4-8(11)10(13(2)12)7(9)6-14/h4-5,14H,3,6,12H2,1-2H3. The first kappa shape index (κ1) is 12.3. The number of halogens is 1. The molecule has 15 heavy (non-hydrogen) atoms. The van der Waals surface area contributed by atoms with Crippen LogP contribution in [-0.4, -0.2) is 17.9 Å². The van der Waals surface area contributed by atoms with Crippen LogP contribution < -0.4 is 10.9 Å². The molecule has 0 aliphatic carbocycles. The van der Waals surface area contributed by atoms with Gasteiger partial charge in [0.2, 0.25) is 0 Å². The highest BCUT2D eigenvalue weighted by Gasteiger charge is 2.14. The summed E-state index contributed by atoms with van der Waals surface area (Å²) in [6.07, 6.45) is 0. The van der Waals surface area contributed by atoms with Gasteiger partial charge in [0.15, 0.2) is 0 Å². The predicted octanol–water partition coefficient (Wildman–Crippen LogP) is 1.74. The molecule has 0 fully saturated rings. The minimum atomic E-state index is -0.412. The topological polar surface area (TPSA) is 49.5 Å². The van der Waals surface area contributed by atoms with E-state index in [0.29, 0.717) is 5.56 Å². The van der Waals surface area contributed by atoms with Crippen molar-refractivity contribution in [3.8, 4) is 0 Å². The molecule has 1 aromatic carbocycles. The lowest BCUT2D eigenvalue weighted by Gasteiger charge is -2.19. The number of nitrogens with zero attached hydrogens (tertiary/aromatic N) is 1. The number of aliphatic hydroxyl groups excluding tert-OH is 1. The summed E-state index contributed by atoms with van der Waals surface area (Å²) in [4.78, 5) is 0.869. The molecule has 0 heterocycles. The summed E-state index contributed by atoms with van der Waals surface area (Å²) in [7, 11) is 1.55. The van der Waals surface area contributed by atoms with Gasteiger partial charge < -0.3 is 10.1 Å². The zero-order valence-corrected chi connectivity index (χ0v) is 9.64. The molecule has 0 saturated carbocycles. The summed E-state index contributed by atoms with van der Waals surface area (Å²) in [6.45, 7) is 1.79. The van der Waals surface area contributed by atoms with Crippen molar-refractivity contribution < 1.29 is 9.50 Å². The van der Waals surface area contributed by atoms with E-state index in [4.69, 9.17) is 5.84 Å². The van der Waals surface area contributed by atoms with Crippen molar-refractivity contribution in [2.75, 3.05) is 17.8 Å². The number of hydrazine groups is 1. The van der Waals surface area contributed by atoms with E-state index in [9.17, 15) is 9.50 Å². The van der Waals surface area contributed by atoms with Gasteiger partial charge in [0, 0.05) is 17.5 Å². The second kappa shape index (κ2) is 5.34. The number of hydrogen-bond donors (Lipinski definition) is 2. The average molecular weight is 230 g/mol. The highest BCUT2D eigenvalue weighted by atomic mass is 32.2. The predicted molar refractivity (Wildman–Crippen MR) is 61.3 cm³/mol. The Bertz CT molecular complexity index is 344. The van der Waals surface area contributed by atoms with Crippen LogP contribution in [0.1, 0.15) is 12.5 Å². The summed E-state index contributed by atoms with van der Waals surface area (Å²) in [5, 5.41) is 10.4. The molecule has 5 heteroatoms. The van der Waals surface area contributed by atoms with Crippen LogP contribution in [0.5, 0.6) is 0 Å². The van der Waals surface area contributed by atoms with Crippen LogP contribution in [0.25, 0.3) is 0 Å². The zero-order chi connectivity index (χ0) is 11.4. The van der Waals surface area contributed by atoms with E-state index in [-0.39, 0.29) is 12.3 Å². The molecular weight excluding hydrogens is 215 g/mol. The summed E-state index contributed by atoms with van der Waals surface area (Å²) < 4.78 is 13.5. The summed E-state index contributed by atoms with van der Waals surface area (Å²) in [5.74, 6) is 5.98. The Hall–Kier alpha value is -0.780. The first-order valence-corrected chi connectivity index (χ1v) is 5.63. The van der Waals surface area contributed by atoms with E-state index < -0.39 is 5.82 Å². The number of nitrogens with two attached hydrogens (primary N) is 1. The molecule has 3 N–H and O–H groups in total. The lowest BCUT2D eigenvalue weighted by molar-refractivity contribution is 0.278. The van der Waals surface area contributed by atoms with Crippen LogP contribution in [0, 0.1) is 5.82 Å². The van der Waals surface area contributed by atoms with E-state index in [1.165, 1.54) is 11.1 Å². The van der Waals surface area contributed by atoms with E-state index >= 15 is 0 Å². The molecule has 0 unspecified atom stereocenters. The fourth-order valence-corrected chi connectivity index (χ4v) is 2.22. The van der Waals surface area contributed by atoms with Crippen LogP contribution in [0.3, 0.4) is 0 Å². The highest BCUT2D eigenvalue weighted by molar-refractivity contribution is 7.99. The molecule has 0 saturated heterocycles. The van der Waals surface area contributed by atoms with Gasteiger partial charge in [-0.25, -0.2) is 10.2 Å². The molecule has 0 atom stereocenters. The van der Waals surface area contributed by atoms with Crippen molar-refractivity contribution in [1.82, 2.24) is 0 Å². The van der Waals surface area contributed by atoms with E-state index in [2.05, 4.69) is 0 Å². The maximum atomic E-state index is 13.5. The SMILES string of the molecule is CCSc1ccc(F)c(N(C)N)c1CO. The molecule has 3 nitrogen and oxygen atoms in total. The van der Waals surface area contributed by atoms with Gasteiger partial charge in [-0.2, -0.15) is 0 Å². The summed E-state index contributed by atoms with van der Waals surface area (Å²) in [5.41, 5.74) is 0.808. The van der Waals surface area contributed by atoms with Gasteiger partial charge in [-0.05, 0) is 17.9 Å². The highest BCUT2D eigenvalue weighted by Crippen LogP contribution is 2.31. The minimum absolute atomic E-state index is 0.211. The molecule has 1 rings (SSSR count).